The number of carbonyl (C=O) groups excluding carboxylic acids is 3. The number of carbonyl (C=O) groups is 4. The molecule has 0 spiro atoms. The van der Waals surface area contributed by atoms with Gasteiger partial charge in [0.15, 0.2) is 24.6 Å². The molecule has 0 saturated carbocycles. The number of ether oxygens (including phenoxy) is 5. The van der Waals surface area contributed by atoms with Crippen molar-refractivity contribution >= 4 is 23.9 Å². The largest absolute Gasteiger partial charge is 0.479 e. The van der Waals surface area contributed by atoms with Gasteiger partial charge in [-0.15, -0.1) is 0 Å². The molecule has 1 fully saturated rings. The summed E-state index contributed by atoms with van der Waals surface area (Å²) in [6.45, 7) is 5.65. The summed E-state index contributed by atoms with van der Waals surface area (Å²) in [7, 11) is 0. The summed E-state index contributed by atoms with van der Waals surface area (Å²) < 4.78 is 28.3. The summed E-state index contributed by atoms with van der Waals surface area (Å²) in [6.07, 6.45) is 66.9. The van der Waals surface area contributed by atoms with E-state index in [2.05, 4.69) is 142 Å². The molecule has 0 radical (unpaired) electrons. The van der Waals surface area contributed by atoms with E-state index < -0.39 is 67.3 Å². The third kappa shape index (κ3) is 44.9. The van der Waals surface area contributed by atoms with Crippen LogP contribution in [-0.2, 0) is 42.9 Å². The van der Waals surface area contributed by atoms with E-state index in [1.54, 1.807) is 12.2 Å². The lowest BCUT2D eigenvalue weighted by Gasteiger charge is -2.40. The molecular formula is C69H106O12. The Morgan fingerprint density at radius 2 is 0.815 bits per heavy atom. The fourth-order valence-electron chi connectivity index (χ4n) is 8.26. The Morgan fingerprint density at radius 3 is 1.26 bits per heavy atom. The van der Waals surface area contributed by atoms with E-state index in [0.717, 1.165) is 135 Å². The smallest absolute Gasteiger partial charge is 0.335 e. The van der Waals surface area contributed by atoms with Gasteiger partial charge in [0.2, 0.25) is 0 Å². The molecular weight excluding hydrogens is 1020 g/mol. The van der Waals surface area contributed by atoms with Crippen LogP contribution in [0.1, 0.15) is 213 Å². The van der Waals surface area contributed by atoms with Crippen LogP contribution >= 0.6 is 0 Å². The number of rotatable bonds is 50. The molecule has 12 heteroatoms. The number of esters is 3. The first-order valence-corrected chi connectivity index (χ1v) is 30.8. The van der Waals surface area contributed by atoms with E-state index in [4.69, 9.17) is 23.7 Å². The summed E-state index contributed by atoms with van der Waals surface area (Å²) in [5.74, 6) is -3.36. The minimum absolute atomic E-state index is 0.127. The molecule has 6 atom stereocenters. The van der Waals surface area contributed by atoms with Gasteiger partial charge in [-0.2, -0.15) is 0 Å². The van der Waals surface area contributed by atoms with Crippen LogP contribution in [0.4, 0.5) is 0 Å². The Morgan fingerprint density at radius 1 is 0.432 bits per heavy atom. The summed E-state index contributed by atoms with van der Waals surface area (Å²) in [6, 6.07) is 0. The van der Waals surface area contributed by atoms with Crippen molar-refractivity contribution in [2.45, 2.75) is 250 Å². The van der Waals surface area contributed by atoms with Crippen LogP contribution in [0.5, 0.6) is 0 Å². The highest BCUT2D eigenvalue weighted by Crippen LogP contribution is 2.26. The number of carboxylic acids is 1. The van der Waals surface area contributed by atoms with Crippen molar-refractivity contribution in [2.24, 2.45) is 0 Å². The van der Waals surface area contributed by atoms with Gasteiger partial charge in [-0.1, -0.05) is 218 Å². The van der Waals surface area contributed by atoms with Crippen molar-refractivity contribution in [2.75, 3.05) is 13.2 Å². The Kier molecular flexibility index (Phi) is 50.1. The highest BCUT2D eigenvalue weighted by atomic mass is 16.7. The zero-order valence-corrected chi connectivity index (χ0v) is 50.0. The average Bonchev–Trinajstić information content (AvgIpc) is 3.53. The number of allylic oxidation sites excluding steroid dienone is 23. The van der Waals surface area contributed by atoms with Gasteiger partial charge in [0, 0.05) is 12.8 Å². The zero-order valence-electron chi connectivity index (χ0n) is 50.0. The molecule has 0 aromatic carbocycles. The third-order valence-electron chi connectivity index (χ3n) is 12.9. The van der Waals surface area contributed by atoms with Crippen LogP contribution in [0.25, 0.3) is 0 Å². The third-order valence-corrected chi connectivity index (χ3v) is 12.9. The van der Waals surface area contributed by atoms with Gasteiger partial charge in [-0.05, 0) is 122 Å². The number of unbranched alkanes of at least 4 members (excludes halogenated alkanes) is 13. The van der Waals surface area contributed by atoms with Crippen molar-refractivity contribution < 1.29 is 58.2 Å². The van der Waals surface area contributed by atoms with Crippen molar-refractivity contribution in [1.82, 2.24) is 0 Å². The van der Waals surface area contributed by atoms with Gasteiger partial charge in [0.05, 0.1) is 13.0 Å². The fourth-order valence-corrected chi connectivity index (χ4v) is 8.26. The van der Waals surface area contributed by atoms with Crippen LogP contribution in [0.3, 0.4) is 0 Å². The second-order valence-electron chi connectivity index (χ2n) is 20.2. The first kappa shape index (κ1) is 73.6. The molecule has 6 unspecified atom stereocenters. The highest BCUT2D eigenvalue weighted by Gasteiger charge is 2.50. The number of hydrogen-bond acceptors (Lipinski definition) is 11. The lowest BCUT2D eigenvalue weighted by Crippen LogP contribution is -2.61. The van der Waals surface area contributed by atoms with Crippen molar-refractivity contribution in [3.8, 4) is 0 Å². The molecule has 1 aliphatic heterocycles. The first-order chi connectivity index (χ1) is 39.6. The molecule has 454 valence electrons. The molecule has 0 aromatic rings. The van der Waals surface area contributed by atoms with Gasteiger partial charge < -0.3 is 39.0 Å². The van der Waals surface area contributed by atoms with Crippen molar-refractivity contribution in [1.29, 1.82) is 0 Å². The van der Waals surface area contributed by atoms with Gasteiger partial charge in [0.25, 0.3) is 0 Å². The number of aliphatic hydroxyl groups excluding tert-OH is 2. The first-order valence-electron chi connectivity index (χ1n) is 30.8. The van der Waals surface area contributed by atoms with E-state index in [1.807, 2.05) is 12.2 Å². The quantitative estimate of drug-likeness (QED) is 0.0228. The average molecular weight is 1130 g/mol. The van der Waals surface area contributed by atoms with E-state index in [9.17, 15) is 34.5 Å². The Bertz CT molecular complexity index is 1960. The number of aliphatic hydroxyl groups is 2. The normalized spacial score (nSPS) is 18.8. The summed E-state index contributed by atoms with van der Waals surface area (Å²) in [4.78, 5) is 51.2. The molecule has 0 aliphatic carbocycles. The minimum atomic E-state index is -1.95. The lowest BCUT2D eigenvalue weighted by molar-refractivity contribution is -0.301. The fraction of sp³-hybridized carbons (Fsp3) is 0.594. The maximum absolute atomic E-state index is 13.2. The SMILES string of the molecule is CC/C=C\C/C=C\C/C=C\C/C=C\C/C=C\CCCCCC(=O)OCC(COC1OC(C(=O)O)C(O)C(O)C1OC(=O)C/C=C\C/C=C\C/C=C\C/C=C\C/C=C\CC)OC(=O)CCCCCCCCC/C=C\C/C=C\CCCCC. The Labute approximate surface area is 489 Å². The van der Waals surface area contributed by atoms with E-state index in [1.165, 1.54) is 19.3 Å². The molecule has 0 aromatic heterocycles. The summed E-state index contributed by atoms with van der Waals surface area (Å²) in [5.41, 5.74) is 0. The lowest BCUT2D eigenvalue weighted by atomic mass is 9.98. The van der Waals surface area contributed by atoms with E-state index in [0.29, 0.717) is 19.3 Å². The molecule has 0 bridgehead atoms. The number of carboxylic acid groups (broad SMARTS) is 1. The van der Waals surface area contributed by atoms with Crippen molar-refractivity contribution in [3.05, 3.63) is 146 Å². The Balaban J connectivity index is 2.77. The molecule has 0 amide bonds. The standard InChI is InChI=1S/C69H106O12/c1-4-7-10-13-16-19-22-25-28-30-31-33-35-37-40-43-46-49-52-55-61(70)77-58-60(79-62(71)56-53-50-47-44-41-39-36-32-29-26-23-20-17-14-11-8-5-2)59-78-69-67(65(74)64(73)66(81-69)68(75)76)80-63(72)57-54-51-48-45-42-38-34-27-24-21-18-15-12-9-6-3/h7,9-10,12,16-21,25-29,31,33-34,37,40,42,45,51,54,60,64-67,69,73-74H,4-6,8,11,13-15,22-24,30,32,35-36,38-39,41,43-44,46-50,52-53,55-59H2,1-3H3,(H,75,76)/b10-7-,12-9-,19-16-,20-17-,21-18-,28-25-,29-26-,33-31-,34-27-,40-37-,45-42-,54-51-. The predicted molar refractivity (Wildman–Crippen MR) is 330 cm³/mol. The van der Waals surface area contributed by atoms with Gasteiger partial charge >= 0.3 is 23.9 Å². The van der Waals surface area contributed by atoms with E-state index in [-0.39, 0.29) is 25.9 Å². The predicted octanol–water partition coefficient (Wildman–Crippen LogP) is 16.3. The van der Waals surface area contributed by atoms with Gasteiger partial charge in [-0.25, -0.2) is 4.79 Å². The van der Waals surface area contributed by atoms with Crippen LogP contribution < -0.4 is 0 Å². The second kappa shape index (κ2) is 55.2. The van der Waals surface area contributed by atoms with Gasteiger partial charge in [0.1, 0.15) is 18.8 Å². The molecule has 81 heavy (non-hydrogen) atoms. The topological polar surface area (TPSA) is 175 Å². The molecule has 1 saturated heterocycles. The molecule has 3 N–H and O–H groups in total. The van der Waals surface area contributed by atoms with Crippen LogP contribution in [0.2, 0.25) is 0 Å². The minimum Gasteiger partial charge on any atom is -0.479 e. The second-order valence-corrected chi connectivity index (χ2v) is 20.2. The highest BCUT2D eigenvalue weighted by molar-refractivity contribution is 5.74. The monoisotopic (exact) mass is 1130 g/mol. The maximum Gasteiger partial charge on any atom is 0.335 e. The summed E-state index contributed by atoms with van der Waals surface area (Å²) in [5, 5.41) is 31.5. The molecule has 1 heterocycles. The maximum atomic E-state index is 13.2. The molecule has 1 aliphatic rings. The van der Waals surface area contributed by atoms with Crippen molar-refractivity contribution in [3.63, 3.8) is 0 Å². The number of hydrogen-bond donors (Lipinski definition) is 3. The van der Waals surface area contributed by atoms with E-state index >= 15 is 0 Å². The van der Waals surface area contributed by atoms with Gasteiger partial charge in [-0.3, -0.25) is 14.4 Å². The zero-order chi connectivity index (χ0) is 58.9. The van der Waals surface area contributed by atoms with Crippen LogP contribution in [0, 0.1) is 0 Å². The van der Waals surface area contributed by atoms with Crippen LogP contribution in [-0.4, -0.2) is 89.2 Å². The molecule has 1 rings (SSSR count). The Hall–Kier alpha value is -5.40. The number of aliphatic carboxylic acids is 1. The van der Waals surface area contributed by atoms with Crippen LogP contribution in [0.15, 0.2) is 146 Å². The summed E-state index contributed by atoms with van der Waals surface area (Å²) >= 11 is 0. The molecule has 12 nitrogen and oxygen atoms in total.